The Kier molecular flexibility index (Phi) is 5.79. The van der Waals surface area contributed by atoms with E-state index < -0.39 is 0 Å². The molecule has 2 rings (SSSR count). The number of nitrogens with one attached hydrogen (secondary N) is 1. The first-order valence-corrected chi connectivity index (χ1v) is 7.48. The molecule has 5 nitrogen and oxygen atoms in total. The Morgan fingerprint density at radius 1 is 1.32 bits per heavy atom. The van der Waals surface area contributed by atoms with Crippen LogP contribution in [-0.4, -0.2) is 35.9 Å². The lowest BCUT2D eigenvalue weighted by Crippen LogP contribution is -2.41. The second kappa shape index (κ2) is 7.60. The van der Waals surface area contributed by atoms with E-state index in [0.29, 0.717) is 12.6 Å². The van der Waals surface area contributed by atoms with Crippen LogP contribution < -0.4 is 5.32 Å². The largest absolute Gasteiger partial charge is 0.381 e. The summed E-state index contributed by atoms with van der Waals surface area (Å²) in [5.41, 5.74) is 0. The number of unbranched alkanes of at least 4 members (excludes halogenated alkanes) is 1. The molecule has 1 aromatic rings. The third-order valence-corrected chi connectivity index (χ3v) is 3.57. The number of nitrogens with zero attached hydrogens (tertiary/aromatic N) is 2. The van der Waals surface area contributed by atoms with Crippen molar-refractivity contribution < 1.29 is 9.26 Å². The average Bonchev–Trinajstić information content (AvgIpc) is 2.92. The van der Waals surface area contributed by atoms with Gasteiger partial charge in [0.25, 0.3) is 0 Å². The number of ether oxygens (including phenoxy) is 1. The molecule has 2 unspecified atom stereocenters. The Labute approximate surface area is 115 Å². The molecule has 0 saturated carbocycles. The van der Waals surface area contributed by atoms with E-state index in [1.54, 1.807) is 0 Å². The highest BCUT2D eigenvalue weighted by Gasteiger charge is 2.31. The molecule has 1 aliphatic heterocycles. The maximum absolute atomic E-state index is 5.57. The normalized spacial score (nSPS) is 23.7. The molecule has 1 saturated heterocycles. The van der Waals surface area contributed by atoms with Crippen molar-refractivity contribution in [1.29, 1.82) is 0 Å². The van der Waals surface area contributed by atoms with Gasteiger partial charge in [0.2, 0.25) is 5.89 Å². The van der Waals surface area contributed by atoms with Crippen LogP contribution in [-0.2, 0) is 11.2 Å². The Bertz CT molecular complexity index is 367. The standard InChI is InChI=1S/C14H25N3O2/c1-3-5-6-13-16-14(19-17-13)11-10-18-9-7-12(11)15-8-4-2/h11-12,15H,3-10H2,1-2H3. The summed E-state index contributed by atoms with van der Waals surface area (Å²) in [6.07, 6.45) is 5.31. The van der Waals surface area contributed by atoms with Crippen molar-refractivity contribution in [3.63, 3.8) is 0 Å². The zero-order valence-electron chi connectivity index (χ0n) is 12.0. The van der Waals surface area contributed by atoms with Gasteiger partial charge >= 0.3 is 0 Å². The lowest BCUT2D eigenvalue weighted by molar-refractivity contribution is 0.0498. The first-order valence-electron chi connectivity index (χ1n) is 7.48. The van der Waals surface area contributed by atoms with Gasteiger partial charge in [0.15, 0.2) is 5.82 Å². The molecule has 1 fully saturated rings. The topological polar surface area (TPSA) is 60.2 Å². The summed E-state index contributed by atoms with van der Waals surface area (Å²) in [5, 5.41) is 7.64. The molecule has 1 aromatic heterocycles. The fraction of sp³-hybridized carbons (Fsp3) is 0.857. The molecule has 1 aliphatic rings. The molecule has 0 aromatic carbocycles. The summed E-state index contributed by atoms with van der Waals surface area (Å²) in [6, 6.07) is 0.396. The van der Waals surface area contributed by atoms with Crippen LogP contribution >= 0.6 is 0 Å². The lowest BCUT2D eigenvalue weighted by Gasteiger charge is -2.29. The van der Waals surface area contributed by atoms with Gasteiger partial charge in [-0.05, 0) is 25.8 Å². The van der Waals surface area contributed by atoms with Gasteiger partial charge in [-0.3, -0.25) is 0 Å². The Balaban J connectivity index is 1.98. The molecule has 0 spiro atoms. The van der Waals surface area contributed by atoms with Crippen LogP contribution in [0.5, 0.6) is 0 Å². The number of aryl methyl sites for hydroxylation is 1. The van der Waals surface area contributed by atoms with Crippen LogP contribution in [0.2, 0.25) is 0 Å². The van der Waals surface area contributed by atoms with Gasteiger partial charge in [0.05, 0.1) is 12.5 Å². The molecule has 0 amide bonds. The first-order chi connectivity index (χ1) is 9.35. The van der Waals surface area contributed by atoms with Crippen molar-refractivity contribution in [2.24, 2.45) is 0 Å². The van der Waals surface area contributed by atoms with Crippen LogP contribution in [0.1, 0.15) is 57.2 Å². The second-order valence-corrected chi connectivity index (χ2v) is 5.18. The second-order valence-electron chi connectivity index (χ2n) is 5.18. The Morgan fingerprint density at radius 3 is 3.00 bits per heavy atom. The first kappa shape index (κ1) is 14.5. The highest BCUT2D eigenvalue weighted by atomic mass is 16.5. The van der Waals surface area contributed by atoms with Crippen molar-refractivity contribution >= 4 is 0 Å². The summed E-state index contributed by atoms with van der Waals surface area (Å²) in [7, 11) is 0. The van der Waals surface area contributed by atoms with E-state index in [0.717, 1.165) is 57.0 Å². The summed E-state index contributed by atoms with van der Waals surface area (Å²) in [5.74, 6) is 1.76. The third kappa shape index (κ3) is 4.01. The molecule has 2 heterocycles. The van der Waals surface area contributed by atoms with E-state index in [-0.39, 0.29) is 5.92 Å². The van der Waals surface area contributed by atoms with E-state index in [4.69, 9.17) is 9.26 Å². The van der Waals surface area contributed by atoms with Crippen molar-refractivity contribution in [1.82, 2.24) is 15.5 Å². The van der Waals surface area contributed by atoms with Crippen LogP contribution in [0.3, 0.4) is 0 Å². The molecule has 0 aliphatic carbocycles. The van der Waals surface area contributed by atoms with Gasteiger partial charge in [-0.2, -0.15) is 4.98 Å². The van der Waals surface area contributed by atoms with Gasteiger partial charge < -0.3 is 14.6 Å². The minimum Gasteiger partial charge on any atom is -0.381 e. The van der Waals surface area contributed by atoms with Crippen molar-refractivity contribution in [2.75, 3.05) is 19.8 Å². The number of hydrogen-bond acceptors (Lipinski definition) is 5. The molecule has 2 atom stereocenters. The average molecular weight is 267 g/mol. The molecule has 108 valence electrons. The quantitative estimate of drug-likeness (QED) is 0.821. The number of aromatic nitrogens is 2. The van der Waals surface area contributed by atoms with E-state index in [1.807, 2.05) is 0 Å². The zero-order chi connectivity index (χ0) is 13.5. The SMILES string of the molecule is CCCCc1noc(C2COCCC2NCCC)n1. The molecule has 0 radical (unpaired) electrons. The maximum atomic E-state index is 5.57. The van der Waals surface area contributed by atoms with E-state index in [2.05, 4.69) is 29.3 Å². The Hall–Kier alpha value is -0.940. The van der Waals surface area contributed by atoms with Crippen LogP contribution in [0.15, 0.2) is 4.52 Å². The molecule has 0 bridgehead atoms. The van der Waals surface area contributed by atoms with Gasteiger partial charge in [0.1, 0.15) is 0 Å². The van der Waals surface area contributed by atoms with Crippen LogP contribution in [0, 0.1) is 0 Å². The molecular formula is C14H25N3O2. The van der Waals surface area contributed by atoms with Crippen LogP contribution in [0.25, 0.3) is 0 Å². The Morgan fingerprint density at radius 2 is 2.21 bits per heavy atom. The summed E-state index contributed by atoms with van der Waals surface area (Å²) >= 11 is 0. The minimum absolute atomic E-state index is 0.197. The summed E-state index contributed by atoms with van der Waals surface area (Å²) < 4.78 is 11.0. The van der Waals surface area contributed by atoms with E-state index >= 15 is 0 Å². The fourth-order valence-corrected chi connectivity index (χ4v) is 2.41. The number of rotatable bonds is 7. The van der Waals surface area contributed by atoms with Crippen molar-refractivity contribution in [3.8, 4) is 0 Å². The fourth-order valence-electron chi connectivity index (χ4n) is 2.41. The summed E-state index contributed by atoms with van der Waals surface area (Å²) in [6.45, 7) is 6.86. The van der Waals surface area contributed by atoms with Gasteiger partial charge in [-0.15, -0.1) is 0 Å². The van der Waals surface area contributed by atoms with Crippen molar-refractivity contribution in [3.05, 3.63) is 11.7 Å². The van der Waals surface area contributed by atoms with E-state index in [1.165, 1.54) is 0 Å². The van der Waals surface area contributed by atoms with Gasteiger partial charge in [0, 0.05) is 19.1 Å². The molecule has 19 heavy (non-hydrogen) atoms. The molecule has 5 heteroatoms. The smallest absolute Gasteiger partial charge is 0.233 e. The third-order valence-electron chi connectivity index (χ3n) is 3.57. The minimum atomic E-state index is 0.197. The molecular weight excluding hydrogens is 242 g/mol. The predicted octanol–water partition coefficient (Wildman–Crippen LogP) is 2.28. The van der Waals surface area contributed by atoms with Gasteiger partial charge in [-0.25, -0.2) is 0 Å². The maximum Gasteiger partial charge on any atom is 0.233 e. The highest BCUT2D eigenvalue weighted by Crippen LogP contribution is 2.25. The predicted molar refractivity (Wildman–Crippen MR) is 73.2 cm³/mol. The molecule has 1 N–H and O–H groups in total. The van der Waals surface area contributed by atoms with Gasteiger partial charge in [-0.1, -0.05) is 25.4 Å². The lowest BCUT2D eigenvalue weighted by atomic mass is 9.95. The van der Waals surface area contributed by atoms with Crippen LogP contribution in [0.4, 0.5) is 0 Å². The summed E-state index contributed by atoms with van der Waals surface area (Å²) in [4.78, 5) is 4.53. The monoisotopic (exact) mass is 267 g/mol. The van der Waals surface area contributed by atoms with Crippen molar-refractivity contribution in [2.45, 2.75) is 57.9 Å². The number of hydrogen-bond donors (Lipinski definition) is 1. The van der Waals surface area contributed by atoms with E-state index in [9.17, 15) is 0 Å². The zero-order valence-corrected chi connectivity index (χ0v) is 12.0. The highest BCUT2D eigenvalue weighted by molar-refractivity contribution is 5.01.